The molecule has 1 heterocycles. The van der Waals surface area contributed by atoms with E-state index >= 15 is 0 Å². The molecular weight excluding hydrogens is 254 g/mol. The van der Waals surface area contributed by atoms with Crippen molar-refractivity contribution in [2.45, 2.75) is 5.16 Å². The molecule has 0 aliphatic carbocycles. The van der Waals surface area contributed by atoms with Crippen LogP contribution in [0, 0.1) is 0 Å². The predicted molar refractivity (Wildman–Crippen MR) is 62.4 cm³/mol. The molecule has 0 aromatic carbocycles. The van der Waals surface area contributed by atoms with Crippen molar-refractivity contribution in [3.05, 3.63) is 20.7 Å². The number of thioether (sulfide) groups is 1. The van der Waals surface area contributed by atoms with E-state index in [9.17, 15) is 9.59 Å². The van der Waals surface area contributed by atoms with E-state index in [0.29, 0.717) is 30.0 Å². The van der Waals surface area contributed by atoms with Gasteiger partial charge in [-0.1, -0.05) is 11.8 Å². The minimum Gasteiger partial charge on any atom is -0.379 e. The van der Waals surface area contributed by atoms with Gasteiger partial charge in [-0.3, -0.25) is 19.4 Å². The first-order valence-electron chi connectivity index (χ1n) is 4.59. The maximum Gasteiger partial charge on any atom is 0.339 e. The van der Waals surface area contributed by atoms with Crippen LogP contribution in [0.15, 0.2) is 14.7 Å². The standard InChI is InChI=1S/C8H12ClN3O3S/c1-12-8(10-6(13)7(14)11-12)16-5-4-15-3-2-9/h2-5H2,1H3,(H,11,14). The van der Waals surface area contributed by atoms with Gasteiger partial charge in [-0.25, -0.2) is 0 Å². The van der Waals surface area contributed by atoms with Gasteiger partial charge >= 0.3 is 11.1 Å². The summed E-state index contributed by atoms with van der Waals surface area (Å²) in [5.74, 6) is 1.10. The Morgan fingerprint density at radius 1 is 1.50 bits per heavy atom. The van der Waals surface area contributed by atoms with E-state index in [0.717, 1.165) is 0 Å². The number of hydrogen-bond acceptors (Lipinski definition) is 5. The summed E-state index contributed by atoms with van der Waals surface area (Å²) in [4.78, 5) is 25.5. The Hall–Kier alpha value is -0.790. The van der Waals surface area contributed by atoms with Crippen LogP contribution in [0.25, 0.3) is 0 Å². The number of aromatic amines is 1. The summed E-state index contributed by atoms with van der Waals surface area (Å²) < 4.78 is 6.57. The lowest BCUT2D eigenvalue weighted by Crippen LogP contribution is -2.33. The van der Waals surface area contributed by atoms with Crippen LogP contribution >= 0.6 is 23.4 Å². The van der Waals surface area contributed by atoms with Crippen molar-refractivity contribution >= 4 is 23.4 Å². The smallest absolute Gasteiger partial charge is 0.339 e. The van der Waals surface area contributed by atoms with Crippen molar-refractivity contribution in [1.82, 2.24) is 14.8 Å². The van der Waals surface area contributed by atoms with Crippen molar-refractivity contribution in [3.63, 3.8) is 0 Å². The van der Waals surface area contributed by atoms with E-state index < -0.39 is 11.1 Å². The number of aryl methyl sites for hydroxylation is 1. The Kier molecular flexibility index (Phi) is 5.58. The molecule has 0 bridgehead atoms. The fraction of sp³-hybridized carbons (Fsp3) is 0.625. The van der Waals surface area contributed by atoms with Crippen molar-refractivity contribution in [2.75, 3.05) is 24.8 Å². The molecule has 0 aliphatic rings. The molecule has 16 heavy (non-hydrogen) atoms. The molecule has 1 N–H and O–H groups in total. The third kappa shape index (κ3) is 3.99. The lowest BCUT2D eigenvalue weighted by atomic mass is 10.8. The summed E-state index contributed by atoms with van der Waals surface area (Å²) in [6.45, 7) is 1.02. The van der Waals surface area contributed by atoms with Gasteiger partial charge < -0.3 is 4.74 Å². The highest BCUT2D eigenvalue weighted by molar-refractivity contribution is 7.99. The van der Waals surface area contributed by atoms with Gasteiger partial charge in [-0.2, -0.15) is 4.98 Å². The zero-order chi connectivity index (χ0) is 12.0. The number of nitrogens with one attached hydrogen (secondary N) is 1. The van der Waals surface area contributed by atoms with Gasteiger partial charge in [-0.15, -0.1) is 11.6 Å². The normalized spacial score (nSPS) is 10.6. The first-order chi connectivity index (χ1) is 7.65. The van der Waals surface area contributed by atoms with E-state index in [4.69, 9.17) is 16.3 Å². The Bertz CT molecular complexity index is 445. The highest BCUT2D eigenvalue weighted by Gasteiger charge is 2.03. The maximum absolute atomic E-state index is 11.0. The highest BCUT2D eigenvalue weighted by Crippen LogP contribution is 2.10. The molecule has 0 fully saturated rings. The van der Waals surface area contributed by atoms with Gasteiger partial charge in [0, 0.05) is 18.7 Å². The molecule has 0 atom stereocenters. The van der Waals surface area contributed by atoms with Crippen molar-refractivity contribution < 1.29 is 4.74 Å². The molecule has 1 rings (SSSR count). The van der Waals surface area contributed by atoms with E-state index in [1.165, 1.54) is 16.4 Å². The summed E-state index contributed by atoms with van der Waals surface area (Å²) in [6, 6.07) is 0. The highest BCUT2D eigenvalue weighted by atomic mass is 35.5. The van der Waals surface area contributed by atoms with Crippen LogP contribution in [0.4, 0.5) is 0 Å². The second-order valence-corrected chi connectivity index (χ2v) is 4.29. The van der Waals surface area contributed by atoms with Crippen molar-refractivity contribution in [3.8, 4) is 0 Å². The number of rotatable bonds is 6. The molecule has 1 aromatic heterocycles. The number of nitrogens with zero attached hydrogens (tertiary/aromatic N) is 2. The number of aromatic nitrogens is 3. The lowest BCUT2D eigenvalue weighted by molar-refractivity contribution is 0.166. The van der Waals surface area contributed by atoms with Crippen molar-refractivity contribution in [2.24, 2.45) is 7.05 Å². The molecule has 6 nitrogen and oxygen atoms in total. The fourth-order valence-electron chi connectivity index (χ4n) is 0.938. The van der Waals surface area contributed by atoms with E-state index in [-0.39, 0.29) is 0 Å². The van der Waals surface area contributed by atoms with Gasteiger partial charge in [0.2, 0.25) is 0 Å². The largest absolute Gasteiger partial charge is 0.379 e. The second-order valence-electron chi connectivity index (χ2n) is 2.85. The molecule has 8 heteroatoms. The summed E-state index contributed by atoms with van der Waals surface area (Å²) in [7, 11) is 1.62. The lowest BCUT2D eigenvalue weighted by Gasteiger charge is -2.05. The third-order valence-electron chi connectivity index (χ3n) is 1.63. The Balaban J connectivity index is 2.51. The molecule has 0 spiro atoms. The molecule has 0 saturated heterocycles. The van der Waals surface area contributed by atoms with E-state index in [1.807, 2.05) is 0 Å². The number of hydrogen-bond donors (Lipinski definition) is 1. The molecule has 0 saturated carbocycles. The predicted octanol–water partition coefficient (Wildman–Crippen LogP) is -0.184. The zero-order valence-corrected chi connectivity index (χ0v) is 10.3. The van der Waals surface area contributed by atoms with Crippen LogP contribution in [0.5, 0.6) is 0 Å². The quantitative estimate of drug-likeness (QED) is 0.334. The van der Waals surface area contributed by atoms with Crippen LogP contribution in [0.2, 0.25) is 0 Å². The Morgan fingerprint density at radius 2 is 2.25 bits per heavy atom. The summed E-state index contributed by atoms with van der Waals surface area (Å²) >= 11 is 6.77. The SMILES string of the molecule is Cn1[nH]c(=O)c(=O)nc1SCCOCCCl. The number of halogens is 1. The molecule has 1 aromatic rings. The summed E-state index contributed by atoms with van der Waals surface area (Å²) in [5, 5.41) is 2.82. The number of H-pyrrole nitrogens is 1. The van der Waals surface area contributed by atoms with Gasteiger partial charge in [-0.05, 0) is 0 Å². The molecule has 0 amide bonds. The van der Waals surface area contributed by atoms with Crippen LogP contribution in [0.1, 0.15) is 0 Å². The van der Waals surface area contributed by atoms with Crippen LogP contribution in [-0.2, 0) is 11.8 Å². The molecule has 0 unspecified atom stereocenters. The van der Waals surface area contributed by atoms with Crippen LogP contribution in [-0.4, -0.2) is 39.6 Å². The topological polar surface area (TPSA) is 77.0 Å². The molecule has 0 radical (unpaired) electrons. The average molecular weight is 266 g/mol. The Labute approximate surface area is 101 Å². The van der Waals surface area contributed by atoms with Crippen LogP contribution in [0.3, 0.4) is 0 Å². The first kappa shape index (κ1) is 13.3. The summed E-state index contributed by atoms with van der Waals surface area (Å²) in [5.41, 5.74) is -1.49. The number of ether oxygens (including phenoxy) is 1. The van der Waals surface area contributed by atoms with Gasteiger partial charge in [0.1, 0.15) is 0 Å². The van der Waals surface area contributed by atoms with Crippen molar-refractivity contribution in [1.29, 1.82) is 0 Å². The van der Waals surface area contributed by atoms with E-state index in [1.54, 1.807) is 7.05 Å². The van der Waals surface area contributed by atoms with E-state index in [2.05, 4.69) is 10.1 Å². The fourth-order valence-corrected chi connectivity index (χ4v) is 1.82. The van der Waals surface area contributed by atoms with Gasteiger partial charge in [0.25, 0.3) is 0 Å². The third-order valence-corrected chi connectivity index (χ3v) is 2.78. The average Bonchev–Trinajstić information content (AvgIpc) is 2.25. The molecule has 0 aliphatic heterocycles. The monoisotopic (exact) mass is 265 g/mol. The Morgan fingerprint density at radius 3 is 2.94 bits per heavy atom. The molecule has 90 valence electrons. The van der Waals surface area contributed by atoms with Crippen LogP contribution < -0.4 is 11.1 Å². The second kappa shape index (κ2) is 6.72. The first-order valence-corrected chi connectivity index (χ1v) is 6.11. The minimum absolute atomic E-state index is 0.457. The molecular formula is C8H12ClN3O3S. The maximum atomic E-state index is 11.0. The number of alkyl halides is 1. The zero-order valence-electron chi connectivity index (χ0n) is 8.73. The van der Waals surface area contributed by atoms with Gasteiger partial charge in [0.15, 0.2) is 5.16 Å². The van der Waals surface area contributed by atoms with Gasteiger partial charge in [0.05, 0.1) is 13.2 Å². The summed E-state index contributed by atoms with van der Waals surface area (Å²) in [6.07, 6.45) is 0. The minimum atomic E-state index is -0.776.